The summed E-state index contributed by atoms with van der Waals surface area (Å²) in [6.45, 7) is 0. The van der Waals surface area contributed by atoms with Gasteiger partial charge in [-0.15, -0.1) is 0 Å². The molecule has 0 unspecified atom stereocenters. The van der Waals surface area contributed by atoms with E-state index >= 15 is 0 Å². The second-order valence-electron chi connectivity index (χ2n) is 16.7. The Morgan fingerprint density at radius 3 is 1.30 bits per heavy atom. The lowest BCUT2D eigenvalue weighted by molar-refractivity contribution is 0.669. The molecular formula is C61H38N2O. The van der Waals surface area contributed by atoms with Crippen LogP contribution in [0.5, 0.6) is 0 Å². The van der Waals surface area contributed by atoms with Crippen molar-refractivity contribution in [2.45, 2.75) is 0 Å². The van der Waals surface area contributed by atoms with Gasteiger partial charge in [0.15, 0.2) is 5.58 Å². The molecular weight excluding hydrogens is 777 g/mol. The van der Waals surface area contributed by atoms with E-state index in [9.17, 15) is 0 Å². The fraction of sp³-hybridized carbons (Fsp3) is 0. The predicted molar refractivity (Wildman–Crippen MR) is 270 cm³/mol. The van der Waals surface area contributed by atoms with Crippen LogP contribution in [-0.4, -0.2) is 4.98 Å². The van der Waals surface area contributed by atoms with Crippen LogP contribution in [0, 0.1) is 0 Å². The lowest BCUT2D eigenvalue weighted by Gasteiger charge is -2.26. The monoisotopic (exact) mass is 814 g/mol. The maximum absolute atomic E-state index is 6.57. The number of nitrogens with zero attached hydrogens (tertiary/aromatic N) is 2. The number of hydrogen-bond donors (Lipinski definition) is 0. The number of pyridine rings is 1. The highest BCUT2D eigenvalue weighted by Crippen LogP contribution is 2.42. The molecule has 0 spiro atoms. The van der Waals surface area contributed by atoms with Gasteiger partial charge in [-0.25, -0.2) is 4.98 Å². The Hall–Kier alpha value is -8.53. The number of rotatable bonds is 6. The molecule has 13 aromatic rings. The van der Waals surface area contributed by atoms with E-state index in [4.69, 9.17) is 9.40 Å². The van der Waals surface area contributed by atoms with Gasteiger partial charge in [0.25, 0.3) is 0 Å². The van der Waals surface area contributed by atoms with E-state index < -0.39 is 0 Å². The number of benzene rings is 11. The molecule has 11 aromatic carbocycles. The first kappa shape index (κ1) is 36.2. The molecule has 0 fully saturated rings. The first-order valence-electron chi connectivity index (χ1n) is 21.8. The van der Waals surface area contributed by atoms with Crippen molar-refractivity contribution in [2.24, 2.45) is 0 Å². The van der Waals surface area contributed by atoms with E-state index in [1.165, 1.54) is 65.3 Å². The molecule has 0 saturated carbocycles. The van der Waals surface area contributed by atoms with Gasteiger partial charge in [-0.3, -0.25) is 0 Å². The van der Waals surface area contributed by atoms with Crippen molar-refractivity contribution >= 4 is 93.0 Å². The van der Waals surface area contributed by atoms with Crippen LogP contribution < -0.4 is 4.90 Å². The van der Waals surface area contributed by atoms with Crippen LogP contribution in [-0.2, 0) is 0 Å². The smallest absolute Gasteiger partial charge is 0.162 e. The average Bonchev–Trinajstić information content (AvgIpc) is 3.77. The quantitative estimate of drug-likeness (QED) is 0.157. The van der Waals surface area contributed by atoms with Crippen molar-refractivity contribution < 1.29 is 4.42 Å². The topological polar surface area (TPSA) is 29.3 Å². The zero-order chi connectivity index (χ0) is 42.1. The van der Waals surface area contributed by atoms with E-state index in [-0.39, 0.29) is 0 Å². The van der Waals surface area contributed by atoms with E-state index in [0.29, 0.717) is 0 Å². The molecule has 0 amide bonds. The Morgan fingerprint density at radius 2 is 0.734 bits per heavy atom. The number of furan rings is 1. The van der Waals surface area contributed by atoms with E-state index in [1.807, 2.05) is 18.2 Å². The van der Waals surface area contributed by atoms with Crippen molar-refractivity contribution in [2.75, 3.05) is 4.90 Å². The fourth-order valence-electron chi connectivity index (χ4n) is 9.84. The van der Waals surface area contributed by atoms with Crippen molar-refractivity contribution in [3.8, 4) is 33.5 Å². The molecule has 0 atom stereocenters. The number of hydrogen-bond acceptors (Lipinski definition) is 3. The molecule has 3 heteroatoms. The molecule has 298 valence electrons. The number of para-hydroxylation sites is 2. The minimum Gasteiger partial charge on any atom is -0.454 e. The van der Waals surface area contributed by atoms with Gasteiger partial charge in [0, 0.05) is 38.8 Å². The van der Waals surface area contributed by atoms with Crippen LogP contribution in [0.3, 0.4) is 0 Å². The van der Waals surface area contributed by atoms with Crippen LogP contribution in [0.1, 0.15) is 0 Å². The number of anilines is 3. The normalized spacial score (nSPS) is 11.8. The lowest BCUT2D eigenvalue weighted by Crippen LogP contribution is -2.09. The van der Waals surface area contributed by atoms with E-state index in [2.05, 4.69) is 217 Å². The highest BCUT2D eigenvalue weighted by atomic mass is 16.3. The van der Waals surface area contributed by atoms with E-state index in [0.717, 1.165) is 61.2 Å². The van der Waals surface area contributed by atoms with Crippen molar-refractivity contribution in [3.63, 3.8) is 0 Å². The van der Waals surface area contributed by atoms with Gasteiger partial charge in [-0.2, -0.15) is 0 Å². The zero-order valence-corrected chi connectivity index (χ0v) is 34.7. The largest absolute Gasteiger partial charge is 0.454 e. The van der Waals surface area contributed by atoms with Crippen LogP contribution in [0.25, 0.3) is 109 Å². The van der Waals surface area contributed by atoms with Gasteiger partial charge in [0.1, 0.15) is 11.3 Å². The van der Waals surface area contributed by atoms with Crippen molar-refractivity contribution in [1.29, 1.82) is 0 Å². The van der Waals surface area contributed by atoms with Gasteiger partial charge in [0.05, 0.1) is 5.52 Å². The van der Waals surface area contributed by atoms with Gasteiger partial charge in [-0.1, -0.05) is 170 Å². The molecule has 3 nitrogen and oxygen atoms in total. The first-order chi connectivity index (χ1) is 31.7. The van der Waals surface area contributed by atoms with Crippen molar-refractivity contribution in [1.82, 2.24) is 4.98 Å². The molecule has 2 heterocycles. The molecule has 0 saturated heterocycles. The third-order valence-electron chi connectivity index (χ3n) is 13.0. The Bertz CT molecular complexity index is 3780. The third-order valence-corrected chi connectivity index (χ3v) is 13.0. The van der Waals surface area contributed by atoms with E-state index in [1.54, 1.807) is 0 Å². The fourth-order valence-corrected chi connectivity index (χ4v) is 9.84. The molecule has 0 aliphatic rings. The molecule has 2 aromatic heterocycles. The number of aromatic nitrogens is 1. The van der Waals surface area contributed by atoms with Gasteiger partial charge in [-0.05, 0) is 126 Å². The highest BCUT2D eigenvalue weighted by molar-refractivity contribution is 6.21. The molecule has 0 aliphatic carbocycles. The average molecular weight is 815 g/mol. The van der Waals surface area contributed by atoms with Crippen LogP contribution in [0.4, 0.5) is 17.1 Å². The standard InChI is InChI=1S/C61H38N2O/c1-3-11-51-41(9-1)17-19-46-37-44(27-35-53(46)51)39-21-29-48(30-22-39)63(49-31-23-40(24-32-49)45-28-36-54-47(38-45)20-18-42-10-2-4-12-52(42)54)50-33-25-43(26-34-50)60-61-59(55-13-5-7-15-57(55)62-60)56-14-6-8-16-58(56)64-61/h1-38H. The summed E-state index contributed by atoms with van der Waals surface area (Å²) >= 11 is 0. The lowest BCUT2D eigenvalue weighted by atomic mass is 9.97. The summed E-state index contributed by atoms with van der Waals surface area (Å²) in [4.78, 5) is 7.53. The molecule has 0 aliphatic heterocycles. The van der Waals surface area contributed by atoms with Gasteiger partial charge >= 0.3 is 0 Å². The minimum absolute atomic E-state index is 0.805. The van der Waals surface area contributed by atoms with Gasteiger partial charge in [0.2, 0.25) is 0 Å². The predicted octanol–water partition coefficient (Wildman–Crippen LogP) is 17.2. The Kier molecular flexibility index (Phi) is 8.22. The maximum atomic E-state index is 6.57. The summed E-state index contributed by atoms with van der Waals surface area (Å²) in [6.07, 6.45) is 0. The van der Waals surface area contributed by atoms with Crippen LogP contribution in [0.15, 0.2) is 235 Å². The van der Waals surface area contributed by atoms with Crippen LogP contribution in [0.2, 0.25) is 0 Å². The molecule has 64 heavy (non-hydrogen) atoms. The SMILES string of the molecule is c1ccc2c(c1)ccc1cc(-c3ccc(N(c4ccc(-c5ccc6c(ccc7ccccc76)c5)cc4)c4ccc(-c5nc6ccccc6c6c5oc5ccccc56)cc4)cc3)ccc12. The minimum atomic E-state index is 0.805. The summed E-state index contributed by atoms with van der Waals surface area (Å²) in [5.41, 5.74) is 12.4. The zero-order valence-electron chi connectivity index (χ0n) is 34.7. The molecule has 13 rings (SSSR count). The third kappa shape index (κ3) is 5.94. The molecule has 0 bridgehead atoms. The Labute approximate surface area is 369 Å². The second-order valence-corrected chi connectivity index (χ2v) is 16.7. The summed E-state index contributed by atoms with van der Waals surface area (Å²) < 4.78 is 6.57. The maximum Gasteiger partial charge on any atom is 0.162 e. The molecule has 0 N–H and O–H groups in total. The summed E-state index contributed by atoms with van der Waals surface area (Å²) in [7, 11) is 0. The van der Waals surface area contributed by atoms with Gasteiger partial charge < -0.3 is 9.32 Å². The summed E-state index contributed by atoms with van der Waals surface area (Å²) in [5.74, 6) is 0. The van der Waals surface area contributed by atoms with Crippen molar-refractivity contribution in [3.05, 3.63) is 231 Å². The summed E-state index contributed by atoms with van der Waals surface area (Å²) in [5, 5.41) is 13.4. The number of fused-ring (bicyclic) bond motifs is 11. The Balaban J connectivity index is 0.899. The molecule has 0 radical (unpaired) electrons. The summed E-state index contributed by atoms with van der Waals surface area (Å²) in [6, 6.07) is 83.0. The first-order valence-corrected chi connectivity index (χ1v) is 21.8. The van der Waals surface area contributed by atoms with Crippen LogP contribution >= 0.6 is 0 Å². The second kappa shape index (κ2) is 14.5. The highest BCUT2D eigenvalue weighted by Gasteiger charge is 2.19. The Morgan fingerprint density at radius 1 is 0.312 bits per heavy atom.